The molecule has 2 bridgehead atoms. The number of carbonyl (C=O) groups excluding carboxylic acids is 4. The average molecular weight is 684 g/mol. The average Bonchev–Trinajstić information content (AvgIpc) is 3.67. The summed E-state index contributed by atoms with van der Waals surface area (Å²) in [5.41, 5.74) is 2.06. The molecule has 3 aromatic carbocycles. The van der Waals surface area contributed by atoms with Crippen molar-refractivity contribution in [2.24, 2.45) is 5.92 Å². The number of hydrogen-bond acceptors (Lipinski definition) is 9. The first-order valence-corrected chi connectivity index (χ1v) is 16.3. The van der Waals surface area contributed by atoms with Crippen LogP contribution in [-0.2, 0) is 16.1 Å². The van der Waals surface area contributed by atoms with Crippen LogP contribution in [0.2, 0.25) is 0 Å². The van der Waals surface area contributed by atoms with E-state index in [1.165, 1.54) is 19.1 Å². The third-order valence-electron chi connectivity index (χ3n) is 8.25. The minimum Gasteiger partial charge on any atom is -0.496 e. The molecule has 14 nitrogen and oxygen atoms in total. The van der Waals surface area contributed by atoms with Gasteiger partial charge in [-0.15, -0.1) is 10.2 Å². The van der Waals surface area contributed by atoms with Gasteiger partial charge in [0.15, 0.2) is 11.5 Å². The van der Waals surface area contributed by atoms with E-state index >= 15 is 0 Å². The maximum atomic E-state index is 13.7. The number of methoxy groups -OCH3 is 2. The van der Waals surface area contributed by atoms with E-state index in [9.17, 15) is 19.2 Å². The van der Waals surface area contributed by atoms with Gasteiger partial charge in [0, 0.05) is 29.9 Å². The van der Waals surface area contributed by atoms with Crippen LogP contribution in [0.3, 0.4) is 0 Å². The molecule has 50 heavy (non-hydrogen) atoms. The molecule has 4 aromatic rings. The maximum absolute atomic E-state index is 13.7. The molecule has 0 unspecified atom stereocenters. The summed E-state index contributed by atoms with van der Waals surface area (Å²) in [6, 6.07) is 16.1. The minimum absolute atomic E-state index is 0.00943. The molecule has 1 aromatic heterocycles. The molecule has 0 radical (unpaired) electrons. The second kappa shape index (κ2) is 16.5. The van der Waals surface area contributed by atoms with Gasteiger partial charge in [-0.1, -0.05) is 19.9 Å². The van der Waals surface area contributed by atoms with Gasteiger partial charge in [-0.05, 0) is 73.4 Å². The molecular formula is C36H41N7O7. The summed E-state index contributed by atoms with van der Waals surface area (Å²) in [5, 5.41) is 16.3. The summed E-state index contributed by atoms with van der Waals surface area (Å²) in [4.78, 5) is 55.3. The van der Waals surface area contributed by atoms with Crippen molar-refractivity contribution in [3.8, 4) is 28.7 Å². The van der Waals surface area contributed by atoms with E-state index in [0.717, 1.165) is 5.69 Å². The lowest BCUT2D eigenvalue weighted by atomic mass is 10.0. The van der Waals surface area contributed by atoms with Gasteiger partial charge in [-0.3, -0.25) is 23.7 Å². The molecule has 1 aliphatic heterocycles. The smallest absolute Gasteiger partial charge is 0.254 e. The molecule has 1 atom stereocenters. The Morgan fingerprint density at radius 2 is 1.64 bits per heavy atom. The van der Waals surface area contributed by atoms with E-state index in [-0.39, 0.29) is 37.4 Å². The summed E-state index contributed by atoms with van der Waals surface area (Å²) in [6.07, 6.45) is 4.14. The highest BCUT2D eigenvalue weighted by molar-refractivity contribution is 5.97. The van der Waals surface area contributed by atoms with E-state index in [4.69, 9.17) is 14.2 Å². The van der Waals surface area contributed by atoms with Crippen molar-refractivity contribution in [1.29, 1.82) is 0 Å². The van der Waals surface area contributed by atoms with E-state index in [1.54, 1.807) is 77.9 Å². The summed E-state index contributed by atoms with van der Waals surface area (Å²) in [5.74, 6) is -0.284. The zero-order valence-corrected chi connectivity index (χ0v) is 28.5. The lowest BCUT2D eigenvalue weighted by molar-refractivity contribution is -0.130. The number of nitrogens with one attached hydrogen (secondary N) is 3. The number of amides is 4. The molecule has 5 rings (SSSR count). The Hall–Kier alpha value is -5.92. The molecule has 0 saturated heterocycles. The number of benzene rings is 3. The molecule has 0 fully saturated rings. The highest BCUT2D eigenvalue weighted by atomic mass is 16.5. The second-order valence-corrected chi connectivity index (χ2v) is 12.0. The standard InChI is InChI=1S/C36H41N7O7/c1-23(2)33-35(46)38-19-27-28(48-3)8-7-9-29(27)50-31-18-25(12-15-30(31)49-4)34(45)37-16-5-6-17-42(20-32(44)41-33)36(47)24-10-13-26(14-11-24)43-21-39-40-22-43/h7-15,18,21-23,33H,5-6,16-17,19-20H2,1-4H3,(H,37,45)(H,38,46)(H,41,44)/t33-/m1/s1. The van der Waals surface area contributed by atoms with Crippen LogP contribution in [0, 0.1) is 5.92 Å². The Kier molecular flexibility index (Phi) is 11.6. The van der Waals surface area contributed by atoms with Crippen LogP contribution in [0.4, 0.5) is 0 Å². The van der Waals surface area contributed by atoms with Crippen molar-refractivity contribution in [3.63, 3.8) is 0 Å². The normalized spacial score (nSPS) is 16.3. The number of fused-ring (bicyclic) bond motifs is 3. The number of hydrogen-bond donors (Lipinski definition) is 3. The third kappa shape index (κ3) is 8.56. The Bertz CT molecular complexity index is 1810. The molecule has 3 N–H and O–H groups in total. The van der Waals surface area contributed by atoms with Crippen LogP contribution in [0.5, 0.6) is 23.0 Å². The van der Waals surface area contributed by atoms with Crippen LogP contribution < -0.4 is 30.2 Å². The lowest BCUT2D eigenvalue weighted by Gasteiger charge is -2.26. The van der Waals surface area contributed by atoms with Crippen LogP contribution >= 0.6 is 0 Å². The highest BCUT2D eigenvalue weighted by Crippen LogP contribution is 2.37. The molecule has 14 heteroatoms. The van der Waals surface area contributed by atoms with Gasteiger partial charge >= 0.3 is 0 Å². The van der Waals surface area contributed by atoms with Crippen molar-refractivity contribution in [1.82, 2.24) is 35.6 Å². The van der Waals surface area contributed by atoms with E-state index in [0.29, 0.717) is 59.1 Å². The topological polar surface area (TPSA) is 166 Å². The van der Waals surface area contributed by atoms with Gasteiger partial charge < -0.3 is 35.1 Å². The van der Waals surface area contributed by atoms with Crippen molar-refractivity contribution in [2.75, 3.05) is 33.9 Å². The van der Waals surface area contributed by atoms with Gasteiger partial charge in [-0.25, -0.2) is 0 Å². The van der Waals surface area contributed by atoms with Crippen LogP contribution in [0.25, 0.3) is 5.69 Å². The predicted octanol–water partition coefficient (Wildman–Crippen LogP) is 3.50. The number of ether oxygens (including phenoxy) is 3. The summed E-state index contributed by atoms with van der Waals surface area (Å²) in [6.45, 7) is 3.97. The molecule has 1 aliphatic rings. The molecule has 0 spiro atoms. The van der Waals surface area contributed by atoms with E-state index in [1.807, 2.05) is 13.8 Å². The Balaban J connectivity index is 1.43. The van der Waals surface area contributed by atoms with E-state index in [2.05, 4.69) is 26.1 Å². The first kappa shape index (κ1) is 35.4. The van der Waals surface area contributed by atoms with Gasteiger partial charge in [0.05, 0.1) is 32.9 Å². The van der Waals surface area contributed by atoms with Crippen molar-refractivity contribution >= 4 is 23.6 Å². The molecular weight excluding hydrogens is 642 g/mol. The van der Waals surface area contributed by atoms with Gasteiger partial charge in [0.1, 0.15) is 30.2 Å². The van der Waals surface area contributed by atoms with Gasteiger partial charge in [-0.2, -0.15) is 0 Å². The lowest BCUT2D eigenvalue weighted by Crippen LogP contribution is -2.52. The molecule has 2 heterocycles. The minimum atomic E-state index is -0.890. The summed E-state index contributed by atoms with van der Waals surface area (Å²) in [7, 11) is 3.01. The van der Waals surface area contributed by atoms with Crippen molar-refractivity contribution in [3.05, 3.63) is 90.0 Å². The molecule has 0 saturated carbocycles. The zero-order valence-electron chi connectivity index (χ0n) is 28.5. The van der Waals surface area contributed by atoms with Gasteiger partial charge in [0.25, 0.3) is 11.8 Å². The van der Waals surface area contributed by atoms with Crippen molar-refractivity contribution < 1.29 is 33.4 Å². The fourth-order valence-electron chi connectivity index (χ4n) is 5.51. The fraction of sp³-hybridized carbons (Fsp3) is 0.333. The van der Waals surface area contributed by atoms with Crippen LogP contribution in [0.1, 0.15) is 53.0 Å². The number of aromatic nitrogens is 3. The quantitative estimate of drug-likeness (QED) is 0.286. The molecule has 262 valence electrons. The number of rotatable bonds is 5. The Labute approximate surface area is 290 Å². The summed E-state index contributed by atoms with van der Waals surface area (Å²) < 4.78 is 19.1. The van der Waals surface area contributed by atoms with E-state index < -0.39 is 17.9 Å². The van der Waals surface area contributed by atoms with Crippen LogP contribution in [-0.4, -0.2) is 83.2 Å². The highest BCUT2D eigenvalue weighted by Gasteiger charge is 2.27. The number of carbonyl (C=O) groups is 4. The van der Waals surface area contributed by atoms with Crippen LogP contribution in [0.15, 0.2) is 73.3 Å². The second-order valence-electron chi connectivity index (χ2n) is 12.0. The number of nitrogens with zero attached hydrogens (tertiary/aromatic N) is 4. The third-order valence-corrected chi connectivity index (χ3v) is 8.25. The monoisotopic (exact) mass is 683 g/mol. The Morgan fingerprint density at radius 3 is 2.34 bits per heavy atom. The Morgan fingerprint density at radius 1 is 0.900 bits per heavy atom. The first-order valence-electron chi connectivity index (χ1n) is 16.3. The van der Waals surface area contributed by atoms with Crippen molar-refractivity contribution in [2.45, 2.75) is 39.3 Å². The fourth-order valence-corrected chi connectivity index (χ4v) is 5.51. The van der Waals surface area contributed by atoms with Gasteiger partial charge in [0.2, 0.25) is 11.8 Å². The molecule has 0 aliphatic carbocycles. The predicted molar refractivity (Wildman–Crippen MR) is 184 cm³/mol. The summed E-state index contributed by atoms with van der Waals surface area (Å²) >= 11 is 0. The maximum Gasteiger partial charge on any atom is 0.254 e. The zero-order chi connectivity index (χ0) is 35.6. The first-order chi connectivity index (χ1) is 24.2. The largest absolute Gasteiger partial charge is 0.496 e. The SMILES string of the molecule is COc1ccc2cc1Oc1cccc(OC)c1CNC(=O)[C@@H](C(C)C)NC(=O)CN(C(=O)c1ccc(-n3cnnc3)cc1)CCCCNC2=O. The molecule has 4 amide bonds.